The summed E-state index contributed by atoms with van der Waals surface area (Å²) in [6.07, 6.45) is 21.7. The Hall–Kier alpha value is -3.45. The number of carbonyl (C=O) groups is 2. The Labute approximate surface area is 359 Å². The molecule has 7 unspecified atom stereocenters. The number of allylic oxidation sites excluding steroid dienone is 1. The summed E-state index contributed by atoms with van der Waals surface area (Å²) in [7, 11) is 1.87. The van der Waals surface area contributed by atoms with Gasteiger partial charge in [-0.15, -0.1) is 6.58 Å². The van der Waals surface area contributed by atoms with Gasteiger partial charge in [0.2, 0.25) is 18.0 Å². The average molecular weight is 838 g/mol. The highest BCUT2D eigenvalue weighted by Gasteiger charge is 2.65. The highest BCUT2D eigenvalue weighted by atomic mass is 16.8. The van der Waals surface area contributed by atoms with E-state index in [2.05, 4.69) is 24.9 Å². The summed E-state index contributed by atoms with van der Waals surface area (Å²) in [4.78, 5) is 35.1. The van der Waals surface area contributed by atoms with Crippen molar-refractivity contribution >= 4 is 17.7 Å². The maximum absolute atomic E-state index is 14.4. The van der Waals surface area contributed by atoms with E-state index in [1.165, 1.54) is 38.5 Å². The monoisotopic (exact) mass is 838 g/mol. The predicted octanol–water partition coefficient (Wildman–Crippen LogP) is 9.33. The Morgan fingerprint density at radius 1 is 0.983 bits per heavy atom. The second kappa shape index (κ2) is 24.9. The summed E-state index contributed by atoms with van der Waals surface area (Å²) in [6.45, 7) is 9.56. The van der Waals surface area contributed by atoms with Crippen molar-refractivity contribution in [2.45, 2.75) is 166 Å². The van der Waals surface area contributed by atoms with E-state index in [1.807, 2.05) is 31.0 Å². The van der Waals surface area contributed by atoms with E-state index in [9.17, 15) is 19.8 Å². The van der Waals surface area contributed by atoms with E-state index in [0.29, 0.717) is 50.3 Å². The largest absolute Gasteiger partial charge is 0.459 e. The van der Waals surface area contributed by atoms with Crippen molar-refractivity contribution in [2.24, 2.45) is 22.9 Å². The maximum atomic E-state index is 14.4. The molecule has 0 aromatic heterocycles. The van der Waals surface area contributed by atoms with Gasteiger partial charge in [0.15, 0.2) is 0 Å². The second-order valence-electron chi connectivity index (χ2n) is 17.2. The number of ether oxygens (including phenoxy) is 4. The molecular weight excluding hydrogens is 763 g/mol. The summed E-state index contributed by atoms with van der Waals surface area (Å²) in [5, 5.41) is 27.4. The number of aliphatic hydroxyl groups is 2. The molecule has 2 amide bonds. The molecule has 0 bridgehead atoms. The number of rotatable bonds is 26. The van der Waals surface area contributed by atoms with E-state index in [-0.39, 0.29) is 43.5 Å². The molecule has 2 heterocycles. The summed E-state index contributed by atoms with van der Waals surface area (Å²) < 4.78 is 26.0. The number of amides is 2. The molecule has 12 heteroatoms. The number of unbranched alkanes of at least 4 members (excludes halogenated alkanes) is 10. The Kier molecular flexibility index (Phi) is 19.7. The van der Waals surface area contributed by atoms with Crippen molar-refractivity contribution in [3.63, 3.8) is 0 Å². The van der Waals surface area contributed by atoms with Crippen molar-refractivity contribution in [3.05, 3.63) is 48.1 Å². The third-order valence-electron chi connectivity index (χ3n) is 12.9. The quantitative estimate of drug-likeness (QED) is 0.0472. The van der Waals surface area contributed by atoms with Gasteiger partial charge >= 0.3 is 6.09 Å². The number of fused-ring (bicyclic) bond motifs is 2. The SMILES string of the molecule is C=CCOC12Oc3ccc(OC(=O)NCC)cc3C3C(CCCCO)C(CCCCO)C=C(C(=NOC4CCCCO4)CC1N(C)C(=O)CCCCCCCCCCC)C32. The van der Waals surface area contributed by atoms with E-state index in [1.54, 1.807) is 12.1 Å². The molecular formula is C48H75N3O9. The number of hydrogen-bond donors (Lipinski definition) is 3. The van der Waals surface area contributed by atoms with Gasteiger partial charge in [0.05, 0.1) is 24.8 Å². The maximum Gasteiger partial charge on any atom is 0.412 e. The van der Waals surface area contributed by atoms with Crippen LogP contribution in [0, 0.1) is 17.8 Å². The van der Waals surface area contributed by atoms with Crippen LogP contribution in [0.25, 0.3) is 0 Å². The molecule has 2 fully saturated rings. The van der Waals surface area contributed by atoms with Crippen LogP contribution in [0.1, 0.15) is 154 Å². The van der Waals surface area contributed by atoms with Crippen LogP contribution < -0.4 is 14.8 Å². The molecule has 3 N–H and O–H groups in total. The van der Waals surface area contributed by atoms with Gasteiger partial charge in [0, 0.05) is 57.6 Å². The van der Waals surface area contributed by atoms with Gasteiger partial charge in [-0.3, -0.25) is 4.79 Å². The molecule has 2 aliphatic carbocycles. The van der Waals surface area contributed by atoms with Gasteiger partial charge < -0.3 is 44.2 Å². The van der Waals surface area contributed by atoms with Gasteiger partial charge in [0.25, 0.3) is 0 Å². The van der Waals surface area contributed by atoms with E-state index >= 15 is 0 Å². The van der Waals surface area contributed by atoms with E-state index in [4.69, 9.17) is 28.9 Å². The number of carbonyl (C=O) groups excluding carboxylic acids is 2. The van der Waals surface area contributed by atoms with E-state index < -0.39 is 30.1 Å². The van der Waals surface area contributed by atoms with Crippen LogP contribution in [-0.4, -0.2) is 91.0 Å². The van der Waals surface area contributed by atoms with Crippen molar-refractivity contribution in [1.29, 1.82) is 0 Å². The van der Waals surface area contributed by atoms with Crippen LogP contribution >= 0.6 is 0 Å². The zero-order valence-electron chi connectivity index (χ0n) is 36.9. The Balaban J connectivity index is 1.59. The first kappa shape index (κ1) is 47.6. The standard InChI is InChI=1S/C48H75N3O9/c1-5-8-9-10-11-12-13-14-15-24-43(54)51(4)42-34-40(50-60-44-25-18-21-31-56-44)38-32-35(22-16-19-28-52)37(23-17-20-29-53)45-39-33-36(58-47(55)49-7-3)26-27-41(39)59-48(42,46(38)45)57-30-6-2/h6,26-27,32-33,35,37,42,44-46,52-53H,2,5,7-25,28-31,34H2,1,3-4H3,(H,49,55). The van der Waals surface area contributed by atoms with Gasteiger partial charge in [-0.1, -0.05) is 88.4 Å². The van der Waals surface area contributed by atoms with Crippen molar-refractivity contribution in [1.82, 2.24) is 10.2 Å². The molecule has 1 saturated carbocycles. The first-order chi connectivity index (χ1) is 29.3. The fourth-order valence-electron chi connectivity index (χ4n) is 9.93. The molecule has 1 aromatic carbocycles. The molecule has 4 aliphatic rings. The van der Waals surface area contributed by atoms with Crippen molar-refractivity contribution in [3.8, 4) is 11.5 Å². The molecule has 0 spiro atoms. The summed E-state index contributed by atoms with van der Waals surface area (Å²) >= 11 is 0. The molecule has 1 saturated heterocycles. The van der Waals surface area contributed by atoms with Crippen LogP contribution in [0.2, 0.25) is 0 Å². The highest BCUT2D eigenvalue weighted by Crippen LogP contribution is 2.62. The van der Waals surface area contributed by atoms with Crippen LogP contribution in [0.15, 0.2) is 47.7 Å². The Bertz CT molecular complexity index is 1560. The zero-order chi connectivity index (χ0) is 42.7. The second-order valence-corrected chi connectivity index (χ2v) is 17.2. The van der Waals surface area contributed by atoms with Gasteiger partial charge in [-0.05, 0) is 87.5 Å². The number of benzene rings is 1. The molecule has 60 heavy (non-hydrogen) atoms. The Morgan fingerprint density at radius 2 is 1.72 bits per heavy atom. The summed E-state index contributed by atoms with van der Waals surface area (Å²) in [5.74, 6) is -0.788. The number of aliphatic hydroxyl groups excluding tert-OH is 2. The number of likely N-dealkylation sites (N-methyl/N-ethyl adjacent to an activating group) is 1. The minimum Gasteiger partial charge on any atom is -0.459 e. The Morgan fingerprint density at radius 3 is 2.40 bits per heavy atom. The first-order valence-corrected chi connectivity index (χ1v) is 23.4. The molecule has 1 aromatic rings. The topological polar surface area (TPSA) is 148 Å². The number of nitrogens with zero attached hydrogens (tertiary/aromatic N) is 2. The fraction of sp³-hybridized carbons (Fsp3) is 0.729. The van der Waals surface area contributed by atoms with Crippen LogP contribution in [0.3, 0.4) is 0 Å². The predicted molar refractivity (Wildman–Crippen MR) is 234 cm³/mol. The van der Waals surface area contributed by atoms with Gasteiger partial charge in [-0.25, -0.2) is 4.79 Å². The van der Waals surface area contributed by atoms with Crippen LogP contribution in [-0.2, 0) is 19.1 Å². The van der Waals surface area contributed by atoms with Crippen molar-refractivity contribution < 1.29 is 43.6 Å². The summed E-state index contributed by atoms with van der Waals surface area (Å²) in [5.41, 5.74) is 2.60. The number of nitrogens with one attached hydrogen (secondary N) is 1. The number of oxime groups is 1. The molecule has 0 radical (unpaired) electrons. The molecule has 336 valence electrons. The third-order valence-corrected chi connectivity index (χ3v) is 12.9. The lowest BCUT2D eigenvalue weighted by atomic mass is 9.55. The van der Waals surface area contributed by atoms with Crippen LogP contribution in [0.4, 0.5) is 4.79 Å². The third kappa shape index (κ3) is 12.3. The molecule has 2 aliphatic heterocycles. The average Bonchev–Trinajstić information content (AvgIpc) is 3.25. The minimum absolute atomic E-state index is 0.0293. The lowest BCUT2D eigenvalue weighted by Gasteiger charge is -2.59. The lowest BCUT2D eigenvalue weighted by molar-refractivity contribution is -0.256. The number of hydrogen-bond acceptors (Lipinski definition) is 10. The minimum atomic E-state index is -1.33. The molecule has 7 atom stereocenters. The van der Waals surface area contributed by atoms with Crippen molar-refractivity contribution in [2.75, 3.05) is 40.0 Å². The smallest absolute Gasteiger partial charge is 0.412 e. The molecule has 5 rings (SSSR count). The molecule has 12 nitrogen and oxygen atoms in total. The van der Waals surface area contributed by atoms with Gasteiger partial charge in [-0.2, -0.15) is 0 Å². The lowest BCUT2D eigenvalue weighted by Crippen LogP contribution is -2.69. The fourth-order valence-corrected chi connectivity index (χ4v) is 9.93. The highest BCUT2D eigenvalue weighted by molar-refractivity contribution is 6.03. The summed E-state index contributed by atoms with van der Waals surface area (Å²) in [6, 6.07) is 4.95. The van der Waals surface area contributed by atoms with Gasteiger partial charge in [0.1, 0.15) is 17.5 Å². The van der Waals surface area contributed by atoms with Crippen LogP contribution in [0.5, 0.6) is 11.5 Å². The van der Waals surface area contributed by atoms with E-state index in [0.717, 1.165) is 81.1 Å². The zero-order valence-corrected chi connectivity index (χ0v) is 36.9. The normalized spacial score (nSPS) is 26.3. The first-order valence-electron chi connectivity index (χ1n) is 23.4.